The first-order valence-electron chi connectivity index (χ1n) is 8.18. The molecule has 0 bridgehead atoms. The van der Waals surface area contributed by atoms with Gasteiger partial charge in [-0.05, 0) is 47.0 Å². The summed E-state index contributed by atoms with van der Waals surface area (Å²) < 4.78 is 0. The van der Waals surface area contributed by atoms with E-state index in [-0.39, 0.29) is 12.5 Å². The molecule has 124 valence electrons. The number of benzene rings is 3. The van der Waals surface area contributed by atoms with Gasteiger partial charge in [0, 0.05) is 16.6 Å². The predicted molar refractivity (Wildman–Crippen MR) is 101 cm³/mol. The van der Waals surface area contributed by atoms with E-state index in [0.29, 0.717) is 11.4 Å². The van der Waals surface area contributed by atoms with Gasteiger partial charge in [-0.15, -0.1) is 0 Å². The monoisotopic (exact) mass is 330 g/mol. The molecule has 3 N–H and O–H groups in total. The third-order valence-corrected chi connectivity index (χ3v) is 4.51. The molecule has 3 aromatic carbocycles. The largest absolute Gasteiger partial charge is 0.392 e. The van der Waals surface area contributed by atoms with E-state index in [2.05, 4.69) is 22.4 Å². The summed E-state index contributed by atoms with van der Waals surface area (Å²) in [5.41, 5.74) is 3.88. The summed E-state index contributed by atoms with van der Waals surface area (Å²) in [6.45, 7) is 1.87. The van der Waals surface area contributed by atoms with E-state index in [0.717, 1.165) is 32.8 Å². The summed E-state index contributed by atoms with van der Waals surface area (Å²) in [5, 5.41) is 15.5. The van der Waals surface area contributed by atoms with Crippen LogP contribution in [0.5, 0.6) is 0 Å². The number of aromatic nitrogens is 1. The van der Waals surface area contributed by atoms with E-state index in [1.54, 1.807) is 6.07 Å². The van der Waals surface area contributed by atoms with Crippen LogP contribution in [0.25, 0.3) is 21.7 Å². The number of aliphatic hydroxyl groups is 1. The minimum Gasteiger partial charge on any atom is -0.392 e. The van der Waals surface area contributed by atoms with Crippen molar-refractivity contribution >= 4 is 33.3 Å². The van der Waals surface area contributed by atoms with Crippen molar-refractivity contribution in [2.45, 2.75) is 13.5 Å². The summed E-state index contributed by atoms with van der Waals surface area (Å²) in [4.78, 5) is 15.9. The molecule has 0 aliphatic rings. The zero-order chi connectivity index (χ0) is 17.4. The number of fused-ring (bicyclic) bond motifs is 3. The van der Waals surface area contributed by atoms with Gasteiger partial charge in [0.15, 0.2) is 0 Å². The number of aliphatic hydroxyl groups excluding tert-OH is 1. The lowest BCUT2D eigenvalue weighted by atomic mass is 10.1. The summed E-state index contributed by atoms with van der Waals surface area (Å²) in [5.74, 6) is -0.196. The van der Waals surface area contributed by atoms with Crippen molar-refractivity contribution in [2.24, 2.45) is 0 Å². The van der Waals surface area contributed by atoms with Crippen molar-refractivity contribution in [3.63, 3.8) is 0 Å². The zero-order valence-electron chi connectivity index (χ0n) is 13.8. The standard InChI is InChI=1S/C21H18N2O2/c1-13-6-7-14(12-24)10-19(13)23-21(25)20-11-17-16-5-3-2-4-15(16)8-9-18(17)22-20/h2-11,22,24H,12H2,1H3,(H,23,25). The molecule has 0 aliphatic heterocycles. The second-order valence-corrected chi connectivity index (χ2v) is 6.19. The molecular formula is C21H18N2O2. The Morgan fingerprint density at radius 2 is 1.88 bits per heavy atom. The van der Waals surface area contributed by atoms with Crippen LogP contribution in [0.4, 0.5) is 5.69 Å². The minimum absolute atomic E-state index is 0.0540. The highest BCUT2D eigenvalue weighted by Gasteiger charge is 2.12. The molecule has 4 rings (SSSR count). The molecule has 0 unspecified atom stereocenters. The Hall–Kier alpha value is -3.11. The predicted octanol–water partition coefficient (Wildman–Crippen LogP) is 4.37. The van der Waals surface area contributed by atoms with E-state index in [9.17, 15) is 9.90 Å². The molecule has 0 fully saturated rings. The highest BCUT2D eigenvalue weighted by molar-refractivity contribution is 6.12. The molecule has 0 saturated heterocycles. The average Bonchev–Trinajstić information content (AvgIpc) is 3.08. The molecule has 0 spiro atoms. The quantitative estimate of drug-likeness (QED) is 0.522. The molecule has 4 aromatic rings. The number of rotatable bonds is 3. The number of anilines is 1. The lowest BCUT2D eigenvalue weighted by Gasteiger charge is -2.09. The smallest absolute Gasteiger partial charge is 0.272 e. The second kappa shape index (κ2) is 6.07. The van der Waals surface area contributed by atoms with Crippen molar-refractivity contribution < 1.29 is 9.90 Å². The molecule has 4 nitrogen and oxygen atoms in total. The lowest BCUT2D eigenvalue weighted by Crippen LogP contribution is -2.13. The van der Waals surface area contributed by atoms with Crippen molar-refractivity contribution in [3.05, 3.63) is 77.5 Å². The highest BCUT2D eigenvalue weighted by Crippen LogP contribution is 2.26. The maximum atomic E-state index is 12.7. The summed E-state index contributed by atoms with van der Waals surface area (Å²) >= 11 is 0. The number of hydrogen-bond donors (Lipinski definition) is 3. The molecule has 0 saturated carbocycles. The van der Waals surface area contributed by atoms with Crippen LogP contribution in [-0.4, -0.2) is 16.0 Å². The number of H-pyrrole nitrogens is 1. The first-order valence-corrected chi connectivity index (χ1v) is 8.18. The average molecular weight is 330 g/mol. The molecule has 0 radical (unpaired) electrons. The topological polar surface area (TPSA) is 65.1 Å². The minimum atomic E-state index is -0.196. The Balaban J connectivity index is 1.72. The van der Waals surface area contributed by atoms with Gasteiger partial charge in [-0.25, -0.2) is 0 Å². The molecular weight excluding hydrogens is 312 g/mol. The maximum absolute atomic E-state index is 12.7. The van der Waals surface area contributed by atoms with Gasteiger partial charge in [-0.1, -0.05) is 42.5 Å². The van der Waals surface area contributed by atoms with Gasteiger partial charge in [-0.2, -0.15) is 0 Å². The second-order valence-electron chi connectivity index (χ2n) is 6.19. The lowest BCUT2D eigenvalue weighted by molar-refractivity contribution is 0.102. The van der Waals surface area contributed by atoms with Gasteiger partial charge in [0.25, 0.3) is 5.91 Å². The van der Waals surface area contributed by atoms with E-state index in [1.165, 1.54) is 0 Å². The summed E-state index contributed by atoms with van der Waals surface area (Å²) in [7, 11) is 0. The molecule has 4 heteroatoms. The maximum Gasteiger partial charge on any atom is 0.272 e. The molecule has 0 atom stereocenters. The van der Waals surface area contributed by atoms with Crippen LogP contribution in [0.1, 0.15) is 21.6 Å². The molecule has 1 aromatic heterocycles. The van der Waals surface area contributed by atoms with Crippen LogP contribution < -0.4 is 5.32 Å². The van der Waals surface area contributed by atoms with Gasteiger partial charge >= 0.3 is 0 Å². The van der Waals surface area contributed by atoms with Gasteiger partial charge < -0.3 is 15.4 Å². The van der Waals surface area contributed by atoms with Crippen molar-refractivity contribution in [3.8, 4) is 0 Å². The number of carbonyl (C=O) groups is 1. The number of aryl methyl sites for hydroxylation is 1. The SMILES string of the molecule is Cc1ccc(CO)cc1NC(=O)c1cc2c(ccc3ccccc32)[nH]1. The molecule has 1 amide bonds. The molecule has 1 heterocycles. The summed E-state index contributed by atoms with van der Waals surface area (Å²) in [6, 6.07) is 19.6. The fourth-order valence-corrected chi connectivity index (χ4v) is 3.10. The van der Waals surface area contributed by atoms with Crippen LogP contribution in [0, 0.1) is 6.92 Å². The van der Waals surface area contributed by atoms with Crippen molar-refractivity contribution in [2.75, 3.05) is 5.32 Å². The van der Waals surface area contributed by atoms with Gasteiger partial charge in [-0.3, -0.25) is 4.79 Å². The van der Waals surface area contributed by atoms with Gasteiger partial charge in [0.05, 0.1) is 6.61 Å². The van der Waals surface area contributed by atoms with E-state index in [1.807, 2.05) is 49.4 Å². The Bertz CT molecular complexity index is 1100. The van der Waals surface area contributed by atoms with Crippen LogP contribution in [-0.2, 0) is 6.61 Å². The van der Waals surface area contributed by atoms with E-state index in [4.69, 9.17) is 0 Å². The van der Waals surface area contributed by atoms with E-state index >= 15 is 0 Å². The fraction of sp³-hybridized carbons (Fsp3) is 0.0952. The number of aromatic amines is 1. The van der Waals surface area contributed by atoms with Crippen LogP contribution in [0.2, 0.25) is 0 Å². The fourth-order valence-electron chi connectivity index (χ4n) is 3.10. The Kier molecular flexibility index (Phi) is 3.75. The molecule has 25 heavy (non-hydrogen) atoms. The van der Waals surface area contributed by atoms with Crippen molar-refractivity contribution in [1.29, 1.82) is 0 Å². The Morgan fingerprint density at radius 1 is 1.04 bits per heavy atom. The third kappa shape index (κ3) is 2.77. The van der Waals surface area contributed by atoms with E-state index < -0.39 is 0 Å². The Morgan fingerprint density at radius 3 is 2.72 bits per heavy atom. The number of amides is 1. The number of nitrogens with one attached hydrogen (secondary N) is 2. The zero-order valence-corrected chi connectivity index (χ0v) is 13.8. The first-order chi connectivity index (χ1) is 12.2. The van der Waals surface area contributed by atoms with Crippen LogP contribution in [0.15, 0.2) is 60.7 Å². The van der Waals surface area contributed by atoms with Gasteiger partial charge in [0.1, 0.15) is 5.69 Å². The highest BCUT2D eigenvalue weighted by atomic mass is 16.3. The van der Waals surface area contributed by atoms with Crippen LogP contribution in [0.3, 0.4) is 0 Å². The number of carbonyl (C=O) groups excluding carboxylic acids is 1. The summed E-state index contributed by atoms with van der Waals surface area (Å²) in [6.07, 6.45) is 0. The van der Waals surface area contributed by atoms with Crippen LogP contribution >= 0.6 is 0 Å². The van der Waals surface area contributed by atoms with Crippen molar-refractivity contribution in [1.82, 2.24) is 4.98 Å². The normalized spacial score (nSPS) is 11.1. The molecule has 0 aliphatic carbocycles. The Labute approximate surface area is 145 Å². The first kappa shape index (κ1) is 15.4. The number of hydrogen-bond acceptors (Lipinski definition) is 2. The van der Waals surface area contributed by atoms with Gasteiger partial charge in [0.2, 0.25) is 0 Å². The third-order valence-electron chi connectivity index (χ3n) is 4.51.